The first kappa shape index (κ1) is 29.6. The van der Waals surface area contributed by atoms with Crippen molar-refractivity contribution in [1.82, 2.24) is 19.9 Å². The van der Waals surface area contributed by atoms with Crippen molar-refractivity contribution in [3.8, 4) is 17.1 Å². The molecule has 9 heteroatoms. The molecule has 0 atom stereocenters. The smallest absolute Gasteiger partial charge is 0.255 e. The molecule has 0 radical (unpaired) electrons. The third kappa shape index (κ3) is 7.87. The molecule has 0 fully saturated rings. The lowest BCUT2D eigenvalue weighted by molar-refractivity contribution is 0.102. The fraction of sp³-hybridized carbons (Fsp3) is 0.312. The second-order valence-electron chi connectivity index (χ2n) is 11.2. The molecule has 4 rings (SSSR count). The molecular formula is C32H38N6O3. The molecule has 0 bridgehead atoms. The molecule has 0 aliphatic rings. The number of nitrogens with zero attached hydrogens (tertiary/aromatic N) is 4. The number of carbonyl (C=O) groups is 1. The van der Waals surface area contributed by atoms with E-state index in [2.05, 4.69) is 45.9 Å². The first-order valence-corrected chi connectivity index (χ1v) is 13.6. The second kappa shape index (κ2) is 12.9. The van der Waals surface area contributed by atoms with Crippen LogP contribution in [-0.4, -0.2) is 58.1 Å². The molecule has 0 unspecified atom stereocenters. The molecule has 0 saturated carbocycles. The molecule has 1 heterocycles. The minimum Gasteiger partial charge on any atom is -0.492 e. The van der Waals surface area contributed by atoms with Crippen molar-refractivity contribution in [2.45, 2.75) is 39.2 Å². The number of amides is 1. The van der Waals surface area contributed by atoms with Crippen LogP contribution in [0.2, 0.25) is 0 Å². The number of ether oxygens (including phenoxy) is 1. The van der Waals surface area contributed by atoms with Crippen molar-refractivity contribution < 1.29 is 14.6 Å². The topological polar surface area (TPSA) is 126 Å². The molecule has 41 heavy (non-hydrogen) atoms. The Morgan fingerprint density at radius 3 is 2.32 bits per heavy atom. The van der Waals surface area contributed by atoms with E-state index in [0.29, 0.717) is 47.1 Å². The number of nitrogens with one attached hydrogen (secondary N) is 1. The summed E-state index contributed by atoms with van der Waals surface area (Å²) in [6.07, 6.45) is 0.438. The standard InChI is InChI=1S/C32H38N6O3/c1-32(2,3)23-13-11-22(12-14-23)30(40)34-27-8-6-7-25(26(27)20-39)29-35-28(36-31(33)37-29)19-21-9-15-24(16-10-21)41-18-17-38(4)5/h6-16,39H,17-20H2,1-5H3,(H,34,40)(H2,33,35,36,37). The molecule has 3 aromatic carbocycles. The van der Waals surface area contributed by atoms with E-state index in [1.54, 1.807) is 30.3 Å². The number of aliphatic hydroxyl groups excluding tert-OH is 1. The fourth-order valence-corrected chi connectivity index (χ4v) is 4.27. The van der Waals surface area contributed by atoms with Gasteiger partial charge in [0.15, 0.2) is 5.82 Å². The number of anilines is 2. The molecule has 1 amide bonds. The number of aromatic nitrogens is 3. The average Bonchev–Trinajstić information content (AvgIpc) is 2.93. The summed E-state index contributed by atoms with van der Waals surface area (Å²) in [5.41, 5.74) is 10.2. The van der Waals surface area contributed by atoms with Crippen molar-refractivity contribution in [3.63, 3.8) is 0 Å². The van der Waals surface area contributed by atoms with Crippen molar-refractivity contribution >= 4 is 17.5 Å². The van der Waals surface area contributed by atoms with Gasteiger partial charge in [0.25, 0.3) is 5.91 Å². The molecule has 0 saturated heterocycles. The molecule has 0 spiro atoms. The lowest BCUT2D eigenvalue weighted by atomic mass is 9.86. The predicted octanol–water partition coefficient (Wildman–Crippen LogP) is 4.69. The molecule has 0 aliphatic heterocycles. The highest BCUT2D eigenvalue weighted by atomic mass is 16.5. The zero-order chi connectivity index (χ0) is 29.6. The Hall–Kier alpha value is -4.34. The summed E-state index contributed by atoms with van der Waals surface area (Å²) < 4.78 is 5.77. The zero-order valence-electron chi connectivity index (χ0n) is 24.3. The van der Waals surface area contributed by atoms with Crippen molar-refractivity contribution in [2.75, 3.05) is 38.3 Å². The number of hydrogen-bond acceptors (Lipinski definition) is 8. The Morgan fingerprint density at radius 1 is 0.976 bits per heavy atom. The van der Waals surface area contributed by atoms with Crippen LogP contribution in [0.1, 0.15) is 53.6 Å². The maximum Gasteiger partial charge on any atom is 0.255 e. The Morgan fingerprint density at radius 2 is 1.68 bits per heavy atom. The minimum absolute atomic E-state index is 0.0116. The van der Waals surface area contributed by atoms with Gasteiger partial charge in [0.2, 0.25) is 5.95 Å². The van der Waals surface area contributed by atoms with Gasteiger partial charge < -0.3 is 25.8 Å². The number of hydrogen-bond donors (Lipinski definition) is 3. The van der Waals surface area contributed by atoms with Gasteiger partial charge in [-0.1, -0.05) is 57.2 Å². The van der Waals surface area contributed by atoms with Crippen LogP contribution in [0.15, 0.2) is 66.7 Å². The van der Waals surface area contributed by atoms with E-state index < -0.39 is 0 Å². The Balaban J connectivity index is 1.53. The van der Waals surface area contributed by atoms with Gasteiger partial charge in [-0.25, -0.2) is 4.98 Å². The van der Waals surface area contributed by atoms with Crippen LogP contribution in [0.3, 0.4) is 0 Å². The van der Waals surface area contributed by atoms with Gasteiger partial charge >= 0.3 is 0 Å². The van der Waals surface area contributed by atoms with Crippen molar-refractivity contribution in [1.29, 1.82) is 0 Å². The van der Waals surface area contributed by atoms with E-state index in [9.17, 15) is 9.90 Å². The highest BCUT2D eigenvalue weighted by Gasteiger charge is 2.18. The van der Waals surface area contributed by atoms with Crippen LogP contribution < -0.4 is 15.8 Å². The van der Waals surface area contributed by atoms with E-state index in [4.69, 9.17) is 10.5 Å². The summed E-state index contributed by atoms with van der Waals surface area (Å²) in [5.74, 6) is 1.41. The van der Waals surface area contributed by atoms with E-state index >= 15 is 0 Å². The summed E-state index contributed by atoms with van der Waals surface area (Å²) in [6.45, 7) is 7.49. The normalized spacial score (nSPS) is 11.5. The lowest BCUT2D eigenvalue weighted by Crippen LogP contribution is -2.19. The molecule has 4 aromatic rings. The van der Waals surface area contributed by atoms with E-state index in [1.807, 2.05) is 50.5 Å². The van der Waals surface area contributed by atoms with E-state index in [1.165, 1.54) is 0 Å². The second-order valence-corrected chi connectivity index (χ2v) is 11.2. The van der Waals surface area contributed by atoms with Gasteiger partial charge in [0.1, 0.15) is 18.2 Å². The predicted molar refractivity (Wildman–Crippen MR) is 162 cm³/mol. The van der Waals surface area contributed by atoms with Gasteiger partial charge in [0, 0.05) is 35.3 Å². The number of aliphatic hydroxyl groups is 1. The number of carbonyl (C=O) groups excluding carboxylic acids is 1. The quantitative estimate of drug-likeness (QED) is 0.258. The summed E-state index contributed by atoms with van der Waals surface area (Å²) in [6, 6.07) is 20.6. The number of benzene rings is 3. The van der Waals surface area contributed by atoms with Gasteiger partial charge in [-0.15, -0.1) is 0 Å². The highest BCUT2D eigenvalue weighted by molar-refractivity contribution is 6.05. The van der Waals surface area contributed by atoms with Crippen molar-refractivity contribution in [3.05, 3.63) is 94.8 Å². The fourth-order valence-electron chi connectivity index (χ4n) is 4.27. The Kier molecular flexibility index (Phi) is 9.31. The number of likely N-dealkylation sites (N-methyl/N-ethyl adjacent to an activating group) is 1. The van der Waals surface area contributed by atoms with Gasteiger partial charge in [-0.05, 0) is 61.0 Å². The minimum atomic E-state index is -0.328. The van der Waals surface area contributed by atoms with Crippen LogP contribution >= 0.6 is 0 Å². The van der Waals surface area contributed by atoms with E-state index in [-0.39, 0.29) is 23.9 Å². The molecule has 9 nitrogen and oxygen atoms in total. The van der Waals surface area contributed by atoms with Crippen LogP contribution in [0.25, 0.3) is 11.4 Å². The third-order valence-corrected chi connectivity index (χ3v) is 6.63. The first-order valence-electron chi connectivity index (χ1n) is 13.6. The Bertz CT molecular complexity index is 1480. The van der Waals surface area contributed by atoms with E-state index in [0.717, 1.165) is 23.4 Å². The highest BCUT2D eigenvalue weighted by Crippen LogP contribution is 2.29. The zero-order valence-corrected chi connectivity index (χ0v) is 24.3. The van der Waals surface area contributed by atoms with Crippen LogP contribution in [0.4, 0.5) is 11.6 Å². The number of nitrogen functional groups attached to an aromatic ring is 1. The van der Waals surface area contributed by atoms with Crippen LogP contribution in [-0.2, 0) is 18.4 Å². The summed E-state index contributed by atoms with van der Waals surface area (Å²) in [7, 11) is 4.01. The molecular weight excluding hydrogens is 516 g/mol. The number of rotatable bonds is 10. The monoisotopic (exact) mass is 554 g/mol. The van der Waals surface area contributed by atoms with Crippen LogP contribution in [0.5, 0.6) is 5.75 Å². The average molecular weight is 555 g/mol. The molecule has 4 N–H and O–H groups in total. The Labute approximate surface area is 241 Å². The molecule has 1 aromatic heterocycles. The maximum absolute atomic E-state index is 13.0. The summed E-state index contributed by atoms with van der Waals surface area (Å²) >= 11 is 0. The lowest BCUT2D eigenvalue weighted by Gasteiger charge is -2.19. The maximum atomic E-state index is 13.0. The van der Waals surface area contributed by atoms with Crippen molar-refractivity contribution in [2.24, 2.45) is 0 Å². The molecule has 0 aliphatic carbocycles. The number of nitrogens with two attached hydrogens (primary N) is 1. The SMILES string of the molecule is CN(C)CCOc1ccc(Cc2nc(N)nc(-c3cccc(NC(=O)c4ccc(C(C)(C)C)cc4)c3CO)n2)cc1. The summed E-state index contributed by atoms with van der Waals surface area (Å²) in [4.78, 5) is 28.4. The third-order valence-electron chi connectivity index (χ3n) is 6.63. The first-order chi connectivity index (χ1) is 19.5. The van der Waals surface area contributed by atoms with Gasteiger partial charge in [0.05, 0.1) is 6.61 Å². The summed E-state index contributed by atoms with van der Waals surface area (Å²) in [5, 5.41) is 13.2. The van der Waals surface area contributed by atoms with Gasteiger partial charge in [-0.2, -0.15) is 9.97 Å². The van der Waals surface area contributed by atoms with Crippen LogP contribution in [0, 0.1) is 0 Å². The molecule has 214 valence electrons. The largest absolute Gasteiger partial charge is 0.492 e. The van der Waals surface area contributed by atoms with Gasteiger partial charge in [-0.3, -0.25) is 4.79 Å².